The molecule has 2 atom stereocenters. The lowest BCUT2D eigenvalue weighted by atomic mass is 9.79. The maximum atomic E-state index is 9.84. The van der Waals surface area contributed by atoms with Crippen molar-refractivity contribution in [1.29, 1.82) is 0 Å². The maximum Gasteiger partial charge on any atom is 0.0844 e. The van der Waals surface area contributed by atoms with Crippen molar-refractivity contribution in [1.82, 2.24) is 15.1 Å². The first-order valence-electron chi connectivity index (χ1n) is 7.60. The standard InChI is InChI=1S/C15H26ClN3O/c1-4-8-17-15(10-20)7-5-6-13(9-15)19-12(3)14(16)11(2)18-19/h13,17,20H,4-10H2,1-3H3. The lowest BCUT2D eigenvalue weighted by molar-refractivity contribution is 0.0941. The predicted octanol–water partition coefficient (Wildman–Crippen LogP) is 3.00. The van der Waals surface area contributed by atoms with E-state index >= 15 is 0 Å². The van der Waals surface area contributed by atoms with Crippen LogP contribution in [0.1, 0.15) is 56.5 Å². The molecular weight excluding hydrogens is 274 g/mol. The van der Waals surface area contributed by atoms with E-state index in [1.54, 1.807) is 0 Å². The summed E-state index contributed by atoms with van der Waals surface area (Å²) in [7, 11) is 0. The van der Waals surface area contributed by atoms with E-state index < -0.39 is 0 Å². The van der Waals surface area contributed by atoms with Crippen molar-refractivity contribution in [2.24, 2.45) is 0 Å². The molecule has 0 bridgehead atoms. The number of nitrogens with one attached hydrogen (secondary N) is 1. The minimum Gasteiger partial charge on any atom is -0.394 e. The van der Waals surface area contributed by atoms with Gasteiger partial charge in [0.05, 0.1) is 29.1 Å². The van der Waals surface area contributed by atoms with E-state index in [1.165, 1.54) is 0 Å². The Kier molecular flexibility index (Phi) is 5.10. The van der Waals surface area contributed by atoms with Crippen molar-refractivity contribution in [2.75, 3.05) is 13.2 Å². The Morgan fingerprint density at radius 3 is 2.80 bits per heavy atom. The molecular formula is C15H26ClN3O. The second kappa shape index (κ2) is 6.46. The zero-order valence-corrected chi connectivity index (χ0v) is 13.5. The molecule has 1 saturated carbocycles. The van der Waals surface area contributed by atoms with E-state index in [2.05, 4.69) is 22.0 Å². The van der Waals surface area contributed by atoms with Gasteiger partial charge in [-0.2, -0.15) is 5.10 Å². The van der Waals surface area contributed by atoms with Gasteiger partial charge < -0.3 is 10.4 Å². The number of aliphatic hydroxyl groups is 1. The number of hydrogen-bond acceptors (Lipinski definition) is 3. The van der Waals surface area contributed by atoms with Gasteiger partial charge in [0.1, 0.15) is 0 Å². The summed E-state index contributed by atoms with van der Waals surface area (Å²) in [6.45, 7) is 7.27. The molecule has 1 heterocycles. The molecule has 0 aromatic carbocycles. The molecule has 0 aliphatic heterocycles. The Balaban J connectivity index is 2.18. The molecule has 1 aliphatic rings. The van der Waals surface area contributed by atoms with Crippen LogP contribution >= 0.6 is 11.6 Å². The first-order chi connectivity index (χ1) is 9.53. The minimum atomic E-state index is -0.155. The SMILES string of the molecule is CCCNC1(CO)CCCC(n2nc(C)c(Cl)c2C)C1. The van der Waals surface area contributed by atoms with Crippen LogP contribution in [0.4, 0.5) is 0 Å². The molecule has 2 unspecified atom stereocenters. The van der Waals surface area contributed by atoms with Gasteiger partial charge in [-0.3, -0.25) is 4.68 Å². The molecule has 1 aliphatic carbocycles. The van der Waals surface area contributed by atoms with Crippen LogP contribution in [-0.4, -0.2) is 33.6 Å². The van der Waals surface area contributed by atoms with Crippen LogP contribution in [-0.2, 0) is 0 Å². The molecule has 114 valence electrons. The Labute approximate surface area is 126 Å². The Hall–Kier alpha value is -0.580. The Bertz CT molecular complexity index is 460. The highest BCUT2D eigenvalue weighted by Gasteiger charge is 2.37. The molecule has 0 saturated heterocycles. The molecule has 4 nitrogen and oxygen atoms in total. The first-order valence-corrected chi connectivity index (χ1v) is 7.98. The van der Waals surface area contributed by atoms with Crippen molar-refractivity contribution in [3.8, 4) is 0 Å². The number of halogens is 1. The molecule has 1 aromatic heterocycles. The highest BCUT2D eigenvalue weighted by Crippen LogP contribution is 2.37. The third kappa shape index (κ3) is 3.02. The van der Waals surface area contributed by atoms with E-state index in [0.717, 1.165) is 55.1 Å². The van der Waals surface area contributed by atoms with Gasteiger partial charge in [-0.05, 0) is 52.5 Å². The van der Waals surface area contributed by atoms with Gasteiger partial charge in [0.15, 0.2) is 0 Å². The Morgan fingerprint density at radius 2 is 2.25 bits per heavy atom. The summed E-state index contributed by atoms with van der Waals surface area (Å²) >= 11 is 6.26. The predicted molar refractivity (Wildman–Crippen MR) is 82.3 cm³/mol. The molecule has 0 amide bonds. The van der Waals surface area contributed by atoms with Gasteiger partial charge in [0.25, 0.3) is 0 Å². The molecule has 1 fully saturated rings. The molecule has 0 radical (unpaired) electrons. The van der Waals surface area contributed by atoms with Crippen LogP contribution in [0, 0.1) is 13.8 Å². The van der Waals surface area contributed by atoms with Crippen LogP contribution in [0.3, 0.4) is 0 Å². The lowest BCUT2D eigenvalue weighted by Crippen LogP contribution is -2.52. The summed E-state index contributed by atoms with van der Waals surface area (Å²) < 4.78 is 2.06. The molecule has 5 heteroatoms. The van der Waals surface area contributed by atoms with Crippen molar-refractivity contribution >= 4 is 11.6 Å². The second-order valence-corrected chi connectivity index (χ2v) is 6.42. The van der Waals surface area contributed by atoms with Gasteiger partial charge in [-0.1, -0.05) is 18.5 Å². The lowest BCUT2D eigenvalue weighted by Gasteiger charge is -2.41. The highest BCUT2D eigenvalue weighted by atomic mass is 35.5. The fourth-order valence-corrected chi connectivity index (χ4v) is 3.41. The van der Waals surface area contributed by atoms with E-state index in [4.69, 9.17) is 11.6 Å². The van der Waals surface area contributed by atoms with Crippen molar-refractivity contribution in [2.45, 2.75) is 64.5 Å². The topological polar surface area (TPSA) is 50.1 Å². The molecule has 2 N–H and O–H groups in total. The zero-order valence-electron chi connectivity index (χ0n) is 12.7. The van der Waals surface area contributed by atoms with E-state index in [0.29, 0.717) is 6.04 Å². The van der Waals surface area contributed by atoms with E-state index in [-0.39, 0.29) is 12.1 Å². The maximum absolute atomic E-state index is 9.84. The fourth-order valence-electron chi connectivity index (χ4n) is 3.29. The smallest absolute Gasteiger partial charge is 0.0844 e. The number of rotatable bonds is 5. The van der Waals surface area contributed by atoms with Crippen LogP contribution in [0.2, 0.25) is 5.02 Å². The summed E-state index contributed by atoms with van der Waals surface area (Å²) in [5.74, 6) is 0. The van der Waals surface area contributed by atoms with Gasteiger partial charge >= 0.3 is 0 Å². The monoisotopic (exact) mass is 299 g/mol. The average Bonchev–Trinajstić information content (AvgIpc) is 2.73. The zero-order chi connectivity index (χ0) is 14.8. The third-order valence-corrected chi connectivity index (χ3v) is 5.00. The van der Waals surface area contributed by atoms with Gasteiger partial charge in [-0.15, -0.1) is 0 Å². The summed E-state index contributed by atoms with van der Waals surface area (Å²) in [5.41, 5.74) is 1.78. The molecule has 1 aromatic rings. The van der Waals surface area contributed by atoms with Crippen LogP contribution in [0.15, 0.2) is 0 Å². The van der Waals surface area contributed by atoms with Crippen molar-refractivity contribution in [3.05, 3.63) is 16.4 Å². The fraction of sp³-hybridized carbons (Fsp3) is 0.800. The molecule has 20 heavy (non-hydrogen) atoms. The second-order valence-electron chi connectivity index (χ2n) is 6.04. The molecule has 2 rings (SSSR count). The number of hydrogen-bond donors (Lipinski definition) is 2. The van der Waals surface area contributed by atoms with Gasteiger partial charge in [-0.25, -0.2) is 0 Å². The number of nitrogens with zero attached hydrogens (tertiary/aromatic N) is 2. The highest BCUT2D eigenvalue weighted by molar-refractivity contribution is 6.31. The Morgan fingerprint density at radius 1 is 1.50 bits per heavy atom. The van der Waals surface area contributed by atoms with Crippen LogP contribution < -0.4 is 5.32 Å². The van der Waals surface area contributed by atoms with Gasteiger partial charge in [0.2, 0.25) is 0 Å². The summed E-state index contributed by atoms with van der Waals surface area (Å²) in [6.07, 6.45) is 5.25. The van der Waals surface area contributed by atoms with Crippen LogP contribution in [0.5, 0.6) is 0 Å². The number of aliphatic hydroxyl groups excluding tert-OH is 1. The van der Waals surface area contributed by atoms with Crippen molar-refractivity contribution < 1.29 is 5.11 Å². The normalized spacial score (nSPS) is 26.9. The molecule has 0 spiro atoms. The summed E-state index contributed by atoms with van der Waals surface area (Å²) in [6, 6.07) is 0.325. The van der Waals surface area contributed by atoms with Gasteiger partial charge in [0, 0.05) is 5.54 Å². The number of aromatic nitrogens is 2. The van der Waals surface area contributed by atoms with E-state index in [1.807, 2.05) is 13.8 Å². The minimum absolute atomic E-state index is 0.155. The third-order valence-electron chi connectivity index (χ3n) is 4.45. The largest absolute Gasteiger partial charge is 0.394 e. The summed E-state index contributed by atoms with van der Waals surface area (Å²) in [5, 5.41) is 18.8. The quantitative estimate of drug-likeness (QED) is 0.879. The van der Waals surface area contributed by atoms with E-state index in [9.17, 15) is 5.11 Å². The average molecular weight is 300 g/mol. The van der Waals surface area contributed by atoms with Crippen molar-refractivity contribution in [3.63, 3.8) is 0 Å². The summed E-state index contributed by atoms with van der Waals surface area (Å²) in [4.78, 5) is 0. The number of aryl methyl sites for hydroxylation is 1. The first kappa shape index (κ1) is 15.8. The van der Waals surface area contributed by atoms with Crippen LogP contribution in [0.25, 0.3) is 0 Å².